The lowest BCUT2D eigenvalue weighted by Crippen LogP contribution is -2.22. The van der Waals surface area contributed by atoms with Gasteiger partial charge in [0.1, 0.15) is 5.15 Å². The van der Waals surface area contributed by atoms with Crippen LogP contribution in [0.2, 0.25) is 10.3 Å². The van der Waals surface area contributed by atoms with Crippen molar-refractivity contribution in [2.75, 3.05) is 5.32 Å². The van der Waals surface area contributed by atoms with E-state index in [0.717, 1.165) is 5.56 Å². The molecule has 1 aliphatic rings. The third-order valence-electron chi connectivity index (χ3n) is 3.54. The Labute approximate surface area is 126 Å². The van der Waals surface area contributed by atoms with Gasteiger partial charge in [0, 0.05) is 5.92 Å². The van der Waals surface area contributed by atoms with Gasteiger partial charge in [0.15, 0.2) is 5.15 Å². The molecule has 0 saturated heterocycles. The molecular formula is C13H14Cl2N2O3. The van der Waals surface area contributed by atoms with Crippen LogP contribution in [-0.4, -0.2) is 22.0 Å². The maximum atomic E-state index is 12.1. The van der Waals surface area contributed by atoms with E-state index in [1.807, 2.05) is 0 Å². The summed E-state index contributed by atoms with van der Waals surface area (Å²) in [6.45, 7) is 1.77. The fourth-order valence-electron chi connectivity index (χ4n) is 2.41. The third kappa shape index (κ3) is 3.22. The number of carboxylic acid groups (broad SMARTS) is 1. The maximum Gasteiger partial charge on any atom is 0.306 e. The smallest absolute Gasteiger partial charge is 0.306 e. The summed E-state index contributed by atoms with van der Waals surface area (Å²) in [6.07, 6.45) is 1.46. The van der Waals surface area contributed by atoms with Crippen LogP contribution < -0.4 is 5.32 Å². The molecule has 20 heavy (non-hydrogen) atoms. The Hall–Kier alpha value is -1.33. The van der Waals surface area contributed by atoms with E-state index in [4.69, 9.17) is 28.3 Å². The van der Waals surface area contributed by atoms with Gasteiger partial charge in [-0.3, -0.25) is 9.59 Å². The molecule has 0 aromatic carbocycles. The fraction of sp³-hybridized carbons (Fsp3) is 0.462. The minimum atomic E-state index is -0.845. The summed E-state index contributed by atoms with van der Waals surface area (Å²) >= 11 is 11.7. The Morgan fingerprint density at radius 1 is 1.35 bits per heavy atom. The predicted molar refractivity (Wildman–Crippen MR) is 76.1 cm³/mol. The number of hydrogen-bond donors (Lipinski definition) is 2. The highest BCUT2D eigenvalue weighted by atomic mass is 35.5. The largest absolute Gasteiger partial charge is 0.481 e. The first kappa shape index (κ1) is 15.1. The van der Waals surface area contributed by atoms with E-state index in [1.54, 1.807) is 13.0 Å². The Morgan fingerprint density at radius 2 is 2.00 bits per heavy atom. The zero-order valence-electron chi connectivity index (χ0n) is 10.8. The lowest BCUT2D eigenvalue weighted by atomic mass is 10.0. The molecule has 1 heterocycles. The highest BCUT2D eigenvalue weighted by molar-refractivity contribution is 6.34. The van der Waals surface area contributed by atoms with E-state index in [1.165, 1.54) is 0 Å². The van der Waals surface area contributed by atoms with Gasteiger partial charge in [0.05, 0.1) is 11.6 Å². The molecular weight excluding hydrogens is 303 g/mol. The van der Waals surface area contributed by atoms with E-state index in [-0.39, 0.29) is 22.1 Å². The summed E-state index contributed by atoms with van der Waals surface area (Å²) in [5.74, 6) is -1.81. The van der Waals surface area contributed by atoms with Gasteiger partial charge in [-0.25, -0.2) is 4.98 Å². The molecule has 2 rings (SSSR count). The van der Waals surface area contributed by atoms with Crippen LogP contribution in [0.25, 0.3) is 0 Å². The number of amides is 1. The van der Waals surface area contributed by atoms with Gasteiger partial charge < -0.3 is 10.4 Å². The minimum absolute atomic E-state index is 0.135. The van der Waals surface area contributed by atoms with Crippen LogP contribution in [0.5, 0.6) is 0 Å². The molecule has 108 valence electrons. The van der Waals surface area contributed by atoms with Crippen LogP contribution in [0.1, 0.15) is 24.8 Å². The van der Waals surface area contributed by atoms with Gasteiger partial charge in [-0.15, -0.1) is 0 Å². The molecule has 2 atom stereocenters. The van der Waals surface area contributed by atoms with Gasteiger partial charge in [0.2, 0.25) is 5.91 Å². The number of nitrogens with zero attached hydrogens (tertiary/aromatic N) is 1. The van der Waals surface area contributed by atoms with Crippen molar-refractivity contribution in [3.05, 3.63) is 21.9 Å². The number of carbonyl (C=O) groups is 2. The number of hydrogen-bond acceptors (Lipinski definition) is 3. The Bertz CT molecular complexity index is 540. The number of carboxylic acids is 1. The first-order valence-electron chi connectivity index (χ1n) is 6.24. The monoisotopic (exact) mass is 316 g/mol. The normalized spacial score (nSPS) is 21.8. The van der Waals surface area contributed by atoms with Gasteiger partial charge in [-0.05, 0) is 37.8 Å². The van der Waals surface area contributed by atoms with Crippen LogP contribution in [0.4, 0.5) is 5.69 Å². The average Bonchev–Trinajstić information content (AvgIpc) is 2.83. The van der Waals surface area contributed by atoms with Gasteiger partial charge in [-0.1, -0.05) is 23.2 Å². The highest BCUT2D eigenvalue weighted by Gasteiger charge is 2.34. The summed E-state index contributed by atoms with van der Waals surface area (Å²) in [5, 5.41) is 12.1. The fourth-order valence-corrected chi connectivity index (χ4v) is 2.99. The van der Waals surface area contributed by atoms with E-state index >= 15 is 0 Å². The van der Waals surface area contributed by atoms with Crippen molar-refractivity contribution < 1.29 is 14.7 Å². The molecule has 0 radical (unpaired) electrons. The lowest BCUT2D eigenvalue weighted by molar-refractivity contribution is -0.141. The number of pyridine rings is 1. The quantitative estimate of drug-likeness (QED) is 0.840. The van der Waals surface area contributed by atoms with Crippen LogP contribution in [0, 0.1) is 18.8 Å². The predicted octanol–water partition coefficient (Wildman–Crippen LogP) is 3.14. The number of carbonyl (C=O) groups excluding carboxylic acids is 1. The number of aryl methyl sites for hydroxylation is 1. The standard InChI is InChI=1S/C13H14Cl2N2O3/c1-6-4-9(14)16-11(15)10(6)17-12(18)7-2-3-8(5-7)13(19)20/h4,7-8H,2-3,5H2,1H3,(H,17,18)(H,19,20)/t7-,8+/m1/s1. The summed E-state index contributed by atoms with van der Waals surface area (Å²) in [5.41, 5.74) is 1.15. The molecule has 0 spiro atoms. The molecule has 0 unspecified atom stereocenters. The van der Waals surface area contributed by atoms with Gasteiger partial charge in [0.25, 0.3) is 0 Å². The van der Waals surface area contributed by atoms with Crippen LogP contribution in [-0.2, 0) is 9.59 Å². The summed E-state index contributed by atoms with van der Waals surface area (Å²) in [6, 6.07) is 1.61. The molecule has 1 aliphatic carbocycles. The van der Waals surface area contributed by atoms with Crippen LogP contribution in [0.15, 0.2) is 6.07 Å². The lowest BCUT2D eigenvalue weighted by Gasteiger charge is -2.13. The molecule has 1 aromatic heterocycles. The first-order valence-corrected chi connectivity index (χ1v) is 7.00. The van der Waals surface area contributed by atoms with E-state index in [0.29, 0.717) is 24.9 Å². The molecule has 2 N–H and O–H groups in total. The molecule has 1 aromatic rings. The van der Waals surface area contributed by atoms with E-state index in [2.05, 4.69) is 10.3 Å². The topological polar surface area (TPSA) is 79.3 Å². The zero-order valence-corrected chi connectivity index (χ0v) is 12.3. The summed E-state index contributed by atoms with van der Waals surface area (Å²) in [4.78, 5) is 26.9. The third-order valence-corrected chi connectivity index (χ3v) is 4.01. The molecule has 1 saturated carbocycles. The average molecular weight is 317 g/mol. The molecule has 0 aliphatic heterocycles. The van der Waals surface area contributed by atoms with E-state index in [9.17, 15) is 9.59 Å². The maximum absolute atomic E-state index is 12.1. The molecule has 1 fully saturated rings. The number of rotatable bonds is 3. The second-order valence-corrected chi connectivity index (χ2v) is 5.71. The number of aromatic nitrogens is 1. The second kappa shape index (κ2) is 5.97. The van der Waals surface area contributed by atoms with Crippen molar-refractivity contribution in [3.8, 4) is 0 Å². The number of aliphatic carboxylic acids is 1. The molecule has 0 bridgehead atoms. The van der Waals surface area contributed by atoms with Gasteiger partial charge in [-0.2, -0.15) is 0 Å². The van der Waals surface area contributed by atoms with Crippen LogP contribution in [0.3, 0.4) is 0 Å². The van der Waals surface area contributed by atoms with Crippen molar-refractivity contribution in [3.63, 3.8) is 0 Å². The number of nitrogens with one attached hydrogen (secondary N) is 1. The van der Waals surface area contributed by atoms with Gasteiger partial charge >= 0.3 is 5.97 Å². The first-order chi connectivity index (χ1) is 9.38. The summed E-state index contributed by atoms with van der Waals surface area (Å²) < 4.78 is 0. The Kier molecular flexibility index (Phi) is 4.50. The highest BCUT2D eigenvalue weighted by Crippen LogP contribution is 2.33. The number of halogens is 2. The second-order valence-electron chi connectivity index (χ2n) is 4.96. The number of anilines is 1. The molecule has 5 nitrogen and oxygen atoms in total. The Balaban J connectivity index is 2.08. The zero-order chi connectivity index (χ0) is 14.9. The molecule has 7 heteroatoms. The van der Waals surface area contributed by atoms with Crippen molar-refractivity contribution in [2.24, 2.45) is 11.8 Å². The van der Waals surface area contributed by atoms with Crippen molar-refractivity contribution in [2.45, 2.75) is 26.2 Å². The SMILES string of the molecule is Cc1cc(Cl)nc(Cl)c1NC(=O)[C@@H]1CC[C@H](C(=O)O)C1. The van der Waals surface area contributed by atoms with Crippen molar-refractivity contribution >= 4 is 40.8 Å². The minimum Gasteiger partial charge on any atom is -0.481 e. The van der Waals surface area contributed by atoms with Crippen LogP contribution >= 0.6 is 23.2 Å². The van der Waals surface area contributed by atoms with Crippen molar-refractivity contribution in [1.29, 1.82) is 0 Å². The molecule has 1 amide bonds. The van der Waals surface area contributed by atoms with Crippen molar-refractivity contribution in [1.82, 2.24) is 4.98 Å². The summed E-state index contributed by atoms with van der Waals surface area (Å²) in [7, 11) is 0. The van der Waals surface area contributed by atoms with E-state index < -0.39 is 11.9 Å². The Morgan fingerprint density at radius 3 is 2.55 bits per heavy atom.